The van der Waals surface area contributed by atoms with E-state index in [-0.39, 0.29) is 11.4 Å². The number of hydrogen-bond donors (Lipinski definition) is 2. The maximum absolute atomic E-state index is 4.82. The topological polar surface area (TPSA) is 95.9 Å². The first-order chi connectivity index (χ1) is 2.27. The maximum atomic E-state index is 4.82. The van der Waals surface area contributed by atoms with Gasteiger partial charge in [0.2, 0.25) is 0 Å². The predicted octanol–water partition coefficient (Wildman–Crippen LogP) is -1.94. The van der Waals surface area contributed by atoms with Gasteiger partial charge in [0.1, 0.15) is 0 Å². The molecule has 0 fully saturated rings. The third-order valence-electron chi connectivity index (χ3n) is 0.258. The molecule has 0 aromatic rings. The Hall–Kier alpha value is -0.770. The van der Waals surface area contributed by atoms with Gasteiger partial charge in [-0.1, -0.05) is 0 Å². The van der Waals surface area contributed by atoms with Crippen molar-refractivity contribution in [2.75, 3.05) is 7.05 Å². The minimum atomic E-state index is 0. The van der Waals surface area contributed by atoms with Crippen LogP contribution in [0.1, 0.15) is 0 Å². The summed E-state index contributed by atoms with van der Waals surface area (Å²) in [6, 6.07) is 0. The average Bonchev–Trinajstić information content (AvgIpc) is 1.38. The number of nitrogens with zero attached hydrogens (tertiary/aromatic N) is 1. The lowest BCUT2D eigenvalue weighted by atomic mass is 11.1. The lowest BCUT2D eigenvalue weighted by molar-refractivity contribution is 0.824. The summed E-state index contributed by atoms with van der Waals surface area (Å²) >= 11 is 0. The number of rotatable bonds is 0. The molecule has 0 saturated heterocycles. The van der Waals surface area contributed by atoms with Gasteiger partial charge in [0.25, 0.3) is 0 Å². The Kier molecular flexibility index (Phi) is 6.32. The Bertz CT molecular complexity index is 46.8. The molecule has 6 N–H and O–H groups in total. The zero-order chi connectivity index (χ0) is 4.28. The van der Waals surface area contributed by atoms with E-state index in [2.05, 4.69) is 4.99 Å². The first-order valence-corrected chi connectivity index (χ1v) is 1.25. The summed E-state index contributed by atoms with van der Waals surface area (Å²) in [6.07, 6.45) is 0. The van der Waals surface area contributed by atoms with Gasteiger partial charge in [-0.25, -0.2) is 0 Å². The maximum Gasteiger partial charge on any atom is 0.185 e. The van der Waals surface area contributed by atoms with Crippen LogP contribution >= 0.6 is 0 Å². The van der Waals surface area contributed by atoms with Gasteiger partial charge in [-0.05, 0) is 0 Å². The molecular weight excluding hydrogens is 82.0 g/mol. The summed E-state index contributed by atoms with van der Waals surface area (Å²) in [7, 11) is 1.54. The zero-order valence-corrected chi connectivity index (χ0v) is 3.60. The fraction of sp³-hybridized carbons (Fsp3) is 0.500. The Morgan fingerprint density at radius 1 is 1.50 bits per heavy atom. The van der Waals surface area contributed by atoms with Crippen LogP contribution in [0.5, 0.6) is 0 Å². The van der Waals surface area contributed by atoms with E-state index in [0.717, 1.165) is 0 Å². The second-order valence-corrected chi connectivity index (χ2v) is 0.648. The van der Waals surface area contributed by atoms with Crippen molar-refractivity contribution in [2.45, 2.75) is 0 Å². The van der Waals surface area contributed by atoms with Crippen molar-refractivity contribution in [3.8, 4) is 0 Å². The van der Waals surface area contributed by atoms with Crippen LogP contribution in [0.25, 0.3) is 0 Å². The Morgan fingerprint density at radius 3 is 1.67 bits per heavy atom. The molecule has 0 radical (unpaired) electrons. The summed E-state index contributed by atoms with van der Waals surface area (Å²) < 4.78 is 0. The van der Waals surface area contributed by atoms with Gasteiger partial charge in [0, 0.05) is 7.05 Å². The number of nitrogens with two attached hydrogens (primary N) is 2. The fourth-order valence-corrected chi connectivity index (χ4v) is 0. The summed E-state index contributed by atoms with van der Waals surface area (Å²) in [4.78, 5) is 3.36. The van der Waals surface area contributed by atoms with Crippen molar-refractivity contribution in [3.05, 3.63) is 0 Å². The highest BCUT2D eigenvalue weighted by atomic mass is 16.0. The van der Waals surface area contributed by atoms with Crippen molar-refractivity contribution < 1.29 is 5.48 Å². The molecule has 0 aromatic carbocycles. The highest BCUT2D eigenvalue weighted by molar-refractivity contribution is 5.75. The number of hydrogen-bond acceptors (Lipinski definition) is 1. The van der Waals surface area contributed by atoms with Crippen LogP contribution in [0.2, 0.25) is 0 Å². The number of aliphatic imine (C=N–C) groups is 1. The van der Waals surface area contributed by atoms with E-state index in [4.69, 9.17) is 11.5 Å². The van der Waals surface area contributed by atoms with E-state index in [0.29, 0.717) is 0 Å². The highest BCUT2D eigenvalue weighted by Gasteiger charge is 1.61. The van der Waals surface area contributed by atoms with E-state index in [9.17, 15) is 0 Å². The van der Waals surface area contributed by atoms with Crippen LogP contribution in [0.4, 0.5) is 0 Å². The van der Waals surface area contributed by atoms with Gasteiger partial charge >= 0.3 is 0 Å². The van der Waals surface area contributed by atoms with E-state index in [1.54, 1.807) is 0 Å². The highest BCUT2D eigenvalue weighted by Crippen LogP contribution is 1.40. The molecule has 0 unspecified atom stereocenters. The second kappa shape index (κ2) is 4.23. The van der Waals surface area contributed by atoms with Gasteiger partial charge in [0.15, 0.2) is 5.96 Å². The fourth-order valence-electron chi connectivity index (χ4n) is 0. The summed E-state index contributed by atoms with van der Waals surface area (Å²) in [6.45, 7) is 0. The molecule has 0 spiro atoms. The smallest absolute Gasteiger partial charge is 0.185 e. The molecule has 0 aromatic heterocycles. The molecule has 0 aliphatic heterocycles. The third-order valence-corrected chi connectivity index (χ3v) is 0.258. The zero-order valence-electron chi connectivity index (χ0n) is 3.60. The van der Waals surface area contributed by atoms with E-state index < -0.39 is 0 Å². The largest absolute Gasteiger partial charge is 0.412 e. The quantitative estimate of drug-likeness (QED) is 0.268. The Morgan fingerprint density at radius 2 is 1.67 bits per heavy atom. The van der Waals surface area contributed by atoms with Crippen molar-refractivity contribution in [1.29, 1.82) is 0 Å². The van der Waals surface area contributed by atoms with E-state index >= 15 is 0 Å². The molecule has 0 atom stereocenters. The standard InChI is InChI=1S/C2H7N3.H2O/c1-5-2(3)4;/h1H3,(H4,3,4,5);1H2. The second-order valence-electron chi connectivity index (χ2n) is 0.648. The third kappa shape index (κ3) is 10.6. The van der Waals surface area contributed by atoms with Crippen LogP contribution in [0, 0.1) is 0 Å². The molecule has 0 rings (SSSR count). The van der Waals surface area contributed by atoms with E-state index in [1.807, 2.05) is 0 Å². The van der Waals surface area contributed by atoms with Gasteiger partial charge in [-0.3, -0.25) is 4.99 Å². The van der Waals surface area contributed by atoms with E-state index in [1.165, 1.54) is 7.05 Å². The lowest BCUT2D eigenvalue weighted by Crippen LogP contribution is -2.21. The SMILES string of the molecule is CN=C(N)N.O. The van der Waals surface area contributed by atoms with Gasteiger partial charge in [-0.15, -0.1) is 0 Å². The van der Waals surface area contributed by atoms with Gasteiger partial charge in [0.05, 0.1) is 0 Å². The van der Waals surface area contributed by atoms with Crippen molar-refractivity contribution in [1.82, 2.24) is 0 Å². The van der Waals surface area contributed by atoms with Crippen LogP contribution < -0.4 is 11.5 Å². The summed E-state index contributed by atoms with van der Waals surface area (Å²) in [5, 5.41) is 0. The van der Waals surface area contributed by atoms with Crippen molar-refractivity contribution in [2.24, 2.45) is 16.5 Å². The van der Waals surface area contributed by atoms with Crippen molar-refractivity contribution >= 4 is 5.96 Å². The molecule has 0 aliphatic carbocycles. The molecule has 0 amide bonds. The predicted molar refractivity (Wildman–Crippen MR) is 25.3 cm³/mol. The first-order valence-electron chi connectivity index (χ1n) is 1.25. The minimum Gasteiger partial charge on any atom is -0.412 e. The average molecular weight is 91.1 g/mol. The van der Waals surface area contributed by atoms with Crippen LogP contribution in [-0.2, 0) is 0 Å². The molecule has 6 heavy (non-hydrogen) atoms. The molecule has 38 valence electrons. The molecular formula is C2H9N3O. The van der Waals surface area contributed by atoms with Gasteiger partial charge < -0.3 is 16.9 Å². The normalized spacial score (nSPS) is 5.50. The van der Waals surface area contributed by atoms with Crippen LogP contribution in [0.15, 0.2) is 4.99 Å². The number of guanidine groups is 1. The monoisotopic (exact) mass is 91.1 g/mol. The molecule has 4 nitrogen and oxygen atoms in total. The molecule has 4 heteroatoms. The summed E-state index contributed by atoms with van der Waals surface area (Å²) in [5.74, 6) is 0.130. The first kappa shape index (κ1) is 8.97. The Labute approximate surface area is 36.2 Å². The molecule has 0 bridgehead atoms. The van der Waals surface area contributed by atoms with Crippen LogP contribution in [0.3, 0.4) is 0 Å². The molecule has 0 aliphatic rings. The van der Waals surface area contributed by atoms with Crippen LogP contribution in [-0.4, -0.2) is 18.5 Å². The molecule has 0 heterocycles. The minimum absolute atomic E-state index is 0. The molecule has 0 saturated carbocycles. The lowest BCUT2D eigenvalue weighted by Gasteiger charge is -1.77. The Balaban J connectivity index is 0. The van der Waals surface area contributed by atoms with Crippen molar-refractivity contribution in [3.63, 3.8) is 0 Å². The van der Waals surface area contributed by atoms with Gasteiger partial charge in [-0.2, -0.15) is 0 Å². The summed E-state index contributed by atoms with van der Waals surface area (Å²) in [5.41, 5.74) is 9.64.